The summed E-state index contributed by atoms with van der Waals surface area (Å²) < 4.78 is 5.79. The molecular weight excluding hydrogens is 292 g/mol. The van der Waals surface area contributed by atoms with E-state index in [1.165, 1.54) is 0 Å². The molecule has 23 heavy (non-hydrogen) atoms. The van der Waals surface area contributed by atoms with Gasteiger partial charge in [-0.05, 0) is 55.0 Å². The van der Waals surface area contributed by atoms with Crippen LogP contribution in [0.3, 0.4) is 0 Å². The Labute approximate surface area is 134 Å². The number of aliphatic hydroxyl groups excluding tert-OH is 1. The molecule has 0 unspecified atom stereocenters. The number of nitriles is 1. The molecule has 1 fully saturated rings. The third kappa shape index (κ3) is 3.17. The number of β-amino-alcohol motifs (C(OH)–C–C–N with tert-alkyl or cyclic N) is 1. The van der Waals surface area contributed by atoms with E-state index in [4.69, 9.17) is 10.00 Å². The van der Waals surface area contributed by atoms with Gasteiger partial charge in [0.1, 0.15) is 11.5 Å². The molecule has 0 atom stereocenters. The molecule has 116 valence electrons. The molecule has 1 aliphatic rings. The van der Waals surface area contributed by atoms with Crippen LogP contribution >= 0.6 is 0 Å². The maximum Gasteiger partial charge on any atom is 0.254 e. The highest BCUT2D eigenvalue weighted by Gasteiger charge is 2.29. The van der Waals surface area contributed by atoms with Crippen LogP contribution in [0.4, 0.5) is 0 Å². The number of likely N-dealkylation sites (tertiary alicyclic amines) is 1. The summed E-state index contributed by atoms with van der Waals surface area (Å²) in [6.45, 7) is 2.66. The SMILES string of the molecule is Cc1cc(C#N)ccc1Oc1ccc(C(=O)N2CC(O)C2)cc1. The molecule has 0 spiro atoms. The van der Waals surface area contributed by atoms with Crippen molar-refractivity contribution in [3.8, 4) is 17.6 Å². The Bertz CT molecular complexity index is 772. The largest absolute Gasteiger partial charge is 0.457 e. The minimum absolute atomic E-state index is 0.0867. The van der Waals surface area contributed by atoms with Gasteiger partial charge in [-0.3, -0.25) is 4.79 Å². The Kier molecular flexibility index (Phi) is 4.00. The fourth-order valence-corrected chi connectivity index (χ4v) is 2.43. The van der Waals surface area contributed by atoms with Gasteiger partial charge in [0.05, 0.1) is 17.7 Å². The summed E-state index contributed by atoms with van der Waals surface area (Å²) in [6, 6.07) is 14.2. The topological polar surface area (TPSA) is 73.6 Å². The van der Waals surface area contributed by atoms with Crippen molar-refractivity contribution in [2.75, 3.05) is 13.1 Å². The average molecular weight is 308 g/mol. The predicted molar refractivity (Wildman–Crippen MR) is 84.3 cm³/mol. The molecule has 0 aliphatic carbocycles. The van der Waals surface area contributed by atoms with Gasteiger partial charge in [-0.2, -0.15) is 5.26 Å². The van der Waals surface area contributed by atoms with E-state index in [0.717, 1.165) is 5.56 Å². The minimum Gasteiger partial charge on any atom is -0.457 e. The Morgan fingerprint density at radius 2 is 1.96 bits per heavy atom. The number of nitrogens with zero attached hydrogens (tertiary/aromatic N) is 2. The third-order valence-corrected chi connectivity index (χ3v) is 3.78. The summed E-state index contributed by atoms with van der Waals surface area (Å²) >= 11 is 0. The minimum atomic E-state index is -0.402. The monoisotopic (exact) mass is 308 g/mol. The maximum absolute atomic E-state index is 12.1. The highest BCUT2D eigenvalue weighted by molar-refractivity contribution is 5.94. The number of carbonyl (C=O) groups excluding carboxylic acids is 1. The molecule has 1 saturated heterocycles. The van der Waals surface area contributed by atoms with Crippen LogP contribution in [0.5, 0.6) is 11.5 Å². The molecule has 2 aromatic carbocycles. The lowest BCUT2D eigenvalue weighted by Gasteiger charge is -2.35. The van der Waals surface area contributed by atoms with Gasteiger partial charge in [-0.25, -0.2) is 0 Å². The van der Waals surface area contributed by atoms with Crippen LogP contribution in [0.25, 0.3) is 0 Å². The lowest BCUT2D eigenvalue weighted by Crippen LogP contribution is -2.53. The zero-order chi connectivity index (χ0) is 16.4. The van der Waals surface area contributed by atoms with Crippen LogP contribution in [-0.4, -0.2) is 35.1 Å². The highest BCUT2D eigenvalue weighted by atomic mass is 16.5. The van der Waals surface area contributed by atoms with E-state index in [9.17, 15) is 9.90 Å². The van der Waals surface area contributed by atoms with Gasteiger partial charge in [-0.1, -0.05) is 0 Å². The molecule has 0 aromatic heterocycles. The van der Waals surface area contributed by atoms with E-state index in [1.54, 1.807) is 47.4 Å². The molecule has 0 saturated carbocycles. The number of benzene rings is 2. The Morgan fingerprint density at radius 3 is 2.52 bits per heavy atom. The van der Waals surface area contributed by atoms with E-state index in [2.05, 4.69) is 6.07 Å². The van der Waals surface area contributed by atoms with Gasteiger partial charge >= 0.3 is 0 Å². The van der Waals surface area contributed by atoms with E-state index in [0.29, 0.717) is 35.7 Å². The van der Waals surface area contributed by atoms with E-state index in [-0.39, 0.29) is 5.91 Å². The van der Waals surface area contributed by atoms with Crippen molar-refractivity contribution in [1.82, 2.24) is 4.90 Å². The second-order valence-corrected chi connectivity index (χ2v) is 5.58. The predicted octanol–water partition coefficient (Wildman–Crippen LogP) is 2.48. The van der Waals surface area contributed by atoms with Gasteiger partial charge in [0.2, 0.25) is 0 Å². The first-order chi connectivity index (χ1) is 11.1. The van der Waals surface area contributed by atoms with Crippen LogP contribution in [0.2, 0.25) is 0 Å². The van der Waals surface area contributed by atoms with Gasteiger partial charge in [0.15, 0.2) is 0 Å². The number of rotatable bonds is 3. The van der Waals surface area contributed by atoms with Gasteiger partial charge in [0.25, 0.3) is 5.91 Å². The van der Waals surface area contributed by atoms with Crippen molar-refractivity contribution in [2.45, 2.75) is 13.0 Å². The van der Waals surface area contributed by atoms with Crippen LogP contribution in [0.15, 0.2) is 42.5 Å². The summed E-state index contributed by atoms with van der Waals surface area (Å²) in [5.74, 6) is 1.21. The van der Waals surface area contributed by atoms with Crippen molar-refractivity contribution in [3.63, 3.8) is 0 Å². The number of amides is 1. The molecule has 0 bridgehead atoms. The zero-order valence-corrected chi connectivity index (χ0v) is 12.7. The zero-order valence-electron chi connectivity index (χ0n) is 12.7. The van der Waals surface area contributed by atoms with Gasteiger partial charge in [-0.15, -0.1) is 0 Å². The smallest absolute Gasteiger partial charge is 0.254 e. The summed E-state index contributed by atoms with van der Waals surface area (Å²) in [5, 5.41) is 18.1. The average Bonchev–Trinajstić information content (AvgIpc) is 2.54. The summed E-state index contributed by atoms with van der Waals surface area (Å²) in [7, 11) is 0. The van der Waals surface area contributed by atoms with Crippen LogP contribution in [0.1, 0.15) is 21.5 Å². The number of hydrogen-bond acceptors (Lipinski definition) is 4. The van der Waals surface area contributed by atoms with E-state index < -0.39 is 6.10 Å². The highest BCUT2D eigenvalue weighted by Crippen LogP contribution is 2.26. The van der Waals surface area contributed by atoms with Crippen molar-refractivity contribution in [1.29, 1.82) is 5.26 Å². The molecule has 5 heteroatoms. The second kappa shape index (κ2) is 6.11. The van der Waals surface area contributed by atoms with Crippen LogP contribution in [-0.2, 0) is 0 Å². The van der Waals surface area contributed by atoms with E-state index in [1.807, 2.05) is 6.92 Å². The number of aliphatic hydroxyl groups is 1. The summed E-state index contributed by atoms with van der Waals surface area (Å²) in [6.07, 6.45) is -0.402. The molecule has 2 aromatic rings. The third-order valence-electron chi connectivity index (χ3n) is 3.78. The number of aryl methyl sites for hydroxylation is 1. The standard InChI is InChI=1S/C18H16N2O3/c1-12-8-13(9-19)2-7-17(12)23-16-5-3-14(4-6-16)18(22)20-10-15(21)11-20/h2-8,15,21H,10-11H2,1H3. The second-order valence-electron chi connectivity index (χ2n) is 5.58. The molecule has 0 radical (unpaired) electrons. The quantitative estimate of drug-likeness (QED) is 0.945. The van der Waals surface area contributed by atoms with Crippen LogP contribution < -0.4 is 4.74 Å². The maximum atomic E-state index is 12.1. The normalized spacial score (nSPS) is 14.0. The number of hydrogen-bond donors (Lipinski definition) is 1. The van der Waals surface area contributed by atoms with Crippen molar-refractivity contribution < 1.29 is 14.6 Å². The van der Waals surface area contributed by atoms with Crippen molar-refractivity contribution >= 4 is 5.91 Å². The van der Waals surface area contributed by atoms with Crippen molar-refractivity contribution in [3.05, 3.63) is 59.2 Å². The molecule has 3 rings (SSSR count). The molecule has 1 N–H and O–H groups in total. The molecule has 5 nitrogen and oxygen atoms in total. The number of ether oxygens (including phenoxy) is 1. The summed E-state index contributed by atoms with van der Waals surface area (Å²) in [5.41, 5.74) is 2.03. The Morgan fingerprint density at radius 1 is 1.26 bits per heavy atom. The first-order valence-corrected chi connectivity index (χ1v) is 7.33. The van der Waals surface area contributed by atoms with E-state index >= 15 is 0 Å². The molecule has 1 aliphatic heterocycles. The Balaban J connectivity index is 1.70. The lowest BCUT2D eigenvalue weighted by atomic mass is 10.1. The van der Waals surface area contributed by atoms with Gasteiger partial charge in [0, 0.05) is 18.7 Å². The number of carbonyl (C=O) groups is 1. The lowest BCUT2D eigenvalue weighted by molar-refractivity contribution is 0.00589. The molecular formula is C18H16N2O3. The fraction of sp³-hybridized carbons (Fsp3) is 0.222. The summed E-state index contributed by atoms with van der Waals surface area (Å²) in [4.78, 5) is 13.7. The van der Waals surface area contributed by atoms with Gasteiger partial charge < -0.3 is 14.7 Å². The Hall–Kier alpha value is -2.84. The molecule has 1 amide bonds. The van der Waals surface area contributed by atoms with Crippen molar-refractivity contribution in [2.24, 2.45) is 0 Å². The van der Waals surface area contributed by atoms with Crippen LogP contribution in [0, 0.1) is 18.3 Å². The first-order valence-electron chi connectivity index (χ1n) is 7.33. The molecule has 1 heterocycles. The fourth-order valence-electron chi connectivity index (χ4n) is 2.43. The first kappa shape index (κ1) is 15.1.